The van der Waals surface area contributed by atoms with E-state index in [2.05, 4.69) is 11.8 Å². The van der Waals surface area contributed by atoms with Crippen molar-refractivity contribution in [2.45, 2.75) is 6.61 Å². The first-order chi connectivity index (χ1) is 5.88. The van der Waals surface area contributed by atoms with Gasteiger partial charge in [-0.3, -0.25) is 4.79 Å². The van der Waals surface area contributed by atoms with Crippen molar-refractivity contribution in [3.63, 3.8) is 0 Å². The Morgan fingerprint density at radius 1 is 1.42 bits per heavy atom. The molecule has 0 spiro atoms. The third kappa shape index (κ3) is 1.94. The number of hydrogen-bond acceptors (Lipinski definition) is 2. The Morgan fingerprint density at radius 3 is 2.83 bits per heavy atom. The lowest BCUT2D eigenvalue weighted by Crippen LogP contribution is -1.87. The van der Waals surface area contributed by atoms with E-state index in [0.29, 0.717) is 11.8 Å². The fourth-order valence-electron chi connectivity index (χ4n) is 0.887. The van der Waals surface area contributed by atoms with Crippen LogP contribution in [0.5, 0.6) is 0 Å². The number of benzene rings is 1. The quantitative estimate of drug-likeness (QED) is 0.485. The predicted molar refractivity (Wildman–Crippen MR) is 45.3 cm³/mol. The van der Waals surface area contributed by atoms with Crippen molar-refractivity contribution in [2.75, 3.05) is 0 Å². The van der Waals surface area contributed by atoms with Crippen LogP contribution in [0, 0.1) is 11.8 Å². The third-order valence-corrected chi connectivity index (χ3v) is 1.45. The van der Waals surface area contributed by atoms with Gasteiger partial charge >= 0.3 is 0 Å². The number of aliphatic hydroxyl groups is 1. The van der Waals surface area contributed by atoms with Gasteiger partial charge in [0.25, 0.3) is 0 Å². The molecule has 0 fully saturated rings. The highest BCUT2D eigenvalue weighted by atomic mass is 16.3. The van der Waals surface area contributed by atoms with Gasteiger partial charge in [-0.15, -0.1) is 0 Å². The molecule has 1 N–H and O–H groups in total. The van der Waals surface area contributed by atoms with Crippen LogP contribution < -0.4 is 0 Å². The second-order valence-electron chi connectivity index (χ2n) is 2.20. The SMILES string of the molecule is O=CC#Cc1ccccc1CO. The van der Waals surface area contributed by atoms with Gasteiger partial charge in [0.15, 0.2) is 6.29 Å². The monoisotopic (exact) mass is 160 g/mol. The van der Waals surface area contributed by atoms with Gasteiger partial charge in [0, 0.05) is 5.56 Å². The van der Waals surface area contributed by atoms with Crippen LogP contribution in [0.3, 0.4) is 0 Å². The highest BCUT2D eigenvalue weighted by Gasteiger charge is 1.94. The first kappa shape index (κ1) is 8.51. The van der Waals surface area contributed by atoms with Gasteiger partial charge in [0.1, 0.15) is 0 Å². The molecule has 0 aliphatic rings. The Hall–Kier alpha value is -1.59. The summed E-state index contributed by atoms with van der Waals surface area (Å²) in [5.74, 6) is 4.93. The molecule has 0 radical (unpaired) electrons. The molecule has 2 heteroatoms. The molecule has 0 aliphatic heterocycles. The molecule has 1 rings (SSSR count). The lowest BCUT2D eigenvalue weighted by atomic mass is 10.1. The average molecular weight is 160 g/mol. The van der Waals surface area contributed by atoms with Gasteiger partial charge in [-0.2, -0.15) is 0 Å². The molecule has 60 valence electrons. The molecule has 1 aromatic rings. The minimum Gasteiger partial charge on any atom is -0.392 e. The average Bonchev–Trinajstić information content (AvgIpc) is 2.15. The van der Waals surface area contributed by atoms with Crippen molar-refractivity contribution in [3.8, 4) is 11.8 Å². The van der Waals surface area contributed by atoms with Gasteiger partial charge in [-0.1, -0.05) is 24.1 Å². The van der Waals surface area contributed by atoms with Crippen molar-refractivity contribution in [1.29, 1.82) is 0 Å². The van der Waals surface area contributed by atoms with E-state index in [1.54, 1.807) is 12.1 Å². The van der Waals surface area contributed by atoms with Gasteiger partial charge < -0.3 is 5.11 Å². The smallest absolute Gasteiger partial charge is 0.193 e. The van der Waals surface area contributed by atoms with Crippen LogP contribution in [0.15, 0.2) is 24.3 Å². The van der Waals surface area contributed by atoms with E-state index in [4.69, 9.17) is 5.11 Å². The second kappa shape index (κ2) is 4.32. The predicted octanol–water partition coefficient (Wildman–Crippen LogP) is 0.729. The maximum Gasteiger partial charge on any atom is 0.193 e. The number of aldehydes is 1. The van der Waals surface area contributed by atoms with Crippen LogP contribution in [-0.2, 0) is 11.4 Å². The lowest BCUT2D eigenvalue weighted by molar-refractivity contribution is -0.103. The Bertz CT molecular complexity index is 331. The van der Waals surface area contributed by atoms with Crippen molar-refractivity contribution >= 4 is 6.29 Å². The summed E-state index contributed by atoms with van der Waals surface area (Å²) in [6, 6.07) is 7.17. The standard InChI is InChI=1S/C10H8O2/c11-7-3-6-9-4-1-2-5-10(9)8-12/h1-2,4-5,7,12H,8H2. The summed E-state index contributed by atoms with van der Waals surface area (Å²) in [6.45, 7) is -0.0519. The summed E-state index contributed by atoms with van der Waals surface area (Å²) in [7, 11) is 0. The zero-order valence-electron chi connectivity index (χ0n) is 6.45. The van der Waals surface area contributed by atoms with Crippen LogP contribution in [0.25, 0.3) is 0 Å². The topological polar surface area (TPSA) is 37.3 Å². The van der Waals surface area contributed by atoms with Crippen LogP contribution >= 0.6 is 0 Å². The van der Waals surface area contributed by atoms with E-state index in [1.807, 2.05) is 12.1 Å². The number of hydrogen-bond donors (Lipinski definition) is 1. The number of rotatable bonds is 1. The largest absolute Gasteiger partial charge is 0.392 e. The molecule has 0 unspecified atom stereocenters. The molecule has 0 saturated heterocycles. The molecule has 0 amide bonds. The molecule has 0 saturated carbocycles. The minimum absolute atomic E-state index is 0.0519. The second-order valence-corrected chi connectivity index (χ2v) is 2.20. The van der Waals surface area contributed by atoms with Crippen LogP contribution in [-0.4, -0.2) is 11.4 Å². The van der Waals surface area contributed by atoms with E-state index in [1.165, 1.54) is 0 Å². The minimum atomic E-state index is -0.0519. The van der Waals surface area contributed by atoms with Crippen molar-refractivity contribution in [2.24, 2.45) is 0 Å². The van der Waals surface area contributed by atoms with Gasteiger partial charge in [0.2, 0.25) is 0 Å². The van der Waals surface area contributed by atoms with Gasteiger partial charge in [0.05, 0.1) is 6.61 Å². The highest BCUT2D eigenvalue weighted by Crippen LogP contribution is 2.05. The Kier molecular flexibility index (Phi) is 3.06. The van der Waals surface area contributed by atoms with Crippen LogP contribution in [0.4, 0.5) is 0 Å². The summed E-state index contributed by atoms with van der Waals surface area (Å²) in [5, 5.41) is 8.86. The molecule has 12 heavy (non-hydrogen) atoms. The van der Waals surface area contributed by atoms with E-state index >= 15 is 0 Å². The molecule has 2 nitrogen and oxygen atoms in total. The van der Waals surface area contributed by atoms with E-state index in [9.17, 15) is 4.79 Å². The van der Waals surface area contributed by atoms with Crippen molar-refractivity contribution in [1.82, 2.24) is 0 Å². The molecule has 0 aliphatic carbocycles. The molecular formula is C10H8O2. The maximum absolute atomic E-state index is 9.94. The Morgan fingerprint density at radius 2 is 2.17 bits per heavy atom. The van der Waals surface area contributed by atoms with E-state index in [0.717, 1.165) is 5.56 Å². The molecule has 0 bridgehead atoms. The summed E-state index contributed by atoms with van der Waals surface area (Å²) in [4.78, 5) is 9.94. The molecule has 0 aromatic heterocycles. The van der Waals surface area contributed by atoms with Gasteiger partial charge in [-0.05, 0) is 17.6 Å². The summed E-state index contributed by atoms with van der Waals surface area (Å²) in [5.41, 5.74) is 1.44. The number of carbonyl (C=O) groups is 1. The van der Waals surface area contributed by atoms with E-state index in [-0.39, 0.29) is 6.61 Å². The lowest BCUT2D eigenvalue weighted by Gasteiger charge is -1.97. The molecule has 0 atom stereocenters. The zero-order chi connectivity index (χ0) is 8.81. The molecule has 1 aromatic carbocycles. The Balaban J connectivity index is 3.04. The van der Waals surface area contributed by atoms with Crippen molar-refractivity contribution < 1.29 is 9.90 Å². The number of aliphatic hydroxyl groups excluding tert-OH is 1. The number of carbonyl (C=O) groups excluding carboxylic acids is 1. The third-order valence-electron chi connectivity index (χ3n) is 1.45. The first-order valence-corrected chi connectivity index (χ1v) is 3.52. The zero-order valence-corrected chi connectivity index (χ0v) is 6.45. The molecule has 0 heterocycles. The van der Waals surface area contributed by atoms with Crippen LogP contribution in [0.2, 0.25) is 0 Å². The highest BCUT2D eigenvalue weighted by molar-refractivity contribution is 5.74. The summed E-state index contributed by atoms with van der Waals surface area (Å²) < 4.78 is 0. The first-order valence-electron chi connectivity index (χ1n) is 3.52. The summed E-state index contributed by atoms with van der Waals surface area (Å²) in [6.07, 6.45) is 0.536. The van der Waals surface area contributed by atoms with Crippen molar-refractivity contribution in [3.05, 3.63) is 35.4 Å². The fourth-order valence-corrected chi connectivity index (χ4v) is 0.887. The van der Waals surface area contributed by atoms with Gasteiger partial charge in [-0.25, -0.2) is 0 Å². The fraction of sp³-hybridized carbons (Fsp3) is 0.100. The summed E-state index contributed by atoms with van der Waals surface area (Å²) >= 11 is 0. The normalized spacial score (nSPS) is 8.42. The van der Waals surface area contributed by atoms with Crippen LogP contribution in [0.1, 0.15) is 11.1 Å². The Labute approximate surface area is 70.8 Å². The molecular weight excluding hydrogens is 152 g/mol. The maximum atomic E-state index is 9.94. The van der Waals surface area contributed by atoms with E-state index < -0.39 is 0 Å².